The van der Waals surface area contributed by atoms with E-state index in [-0.39, 0.29) is 11.9 Å². The minimum Gasteiger partial charge on any atom is -0.375 e. The highest BCUT2D eigenvalue weighted by Gasteiger charge is 2.20. The van der Waals surface area contributed by atoms with Crippen LogP contribution in [0.3, 0.4) is 0 Å². The topological polar surface area (TPSA) is 41.6 Å². The van der Waals surface area contributed by atoms with Gasteiger partial charge in [0, 0.05) is 19.1 Å². The van der Waals surface area contributed by atoms with E-state index in [1.165, 1.54) is 5.56 Å². The van der Waals surface area contributed by atoms with E-state index in [4.69, 9.17) is 4.74 Å². The largest absolute Gasteiger partial charge is 0.375 e. The van der Waals surface area contributed by atoms with Crippen LogP contribution in [0.25, 0.3) is 0 Å². The van der Waals surface area contributed by atoms with Crippen LogP contribution in [0.1, 0.15) is 12.5 Å². The zero-order chi connectivity index (χ0) is 12.8. The molecule has 18 heavy (non-hydrogen) atoms. The van der Waals surface area contributed by atoms with Crippen LogP contribution in [-0.2, 0) is 16.1 Å². The van der Waals surface area contributed by atoms with Crippen molar-refractivity contribution in [2.24, 2.45) is 0 Å². The summed E-state index contributed by atoms with van der Waals surface area (Å²) in [6.07, 6.45) is 0. The second-order valence-corrected chi connectivity index (χ2v) is 4.74. The average molecular weight is 248 g/mol. The fraction of sp³-hybridized carbons (Fsp3) is 0.500. The van der Waals surface area contributed by atoms with Gasteiger partial charge in [0.25, 0.3) is 0 Å². The van der Waals surface area contributed by atoms with Crippen molar-refractivity contribution < 1.29 is 9.53 Å². The maximum atomic E-state index is 11.3. The van der Waals surface area contributed by atoms with Crippen LogP contribution in [0, 0.1) is 0 Å². The number of hydrogen-bond donors (Lipinski definition) is 1. The minimum absolute atomic E-state index is 0.108. The summed E-state index contributed by atoms with van der Waals surface area (Å²) in [5.41, 5.74) is 1.18. The fourth-order valence-corrected chi connectivity index (χ4v) is 2.15. The highest BCUT2D eigenvalue weighted by Crippen LogP contribution is 2.02. The first-order valence-corrected chi connectivity index (χ1v) is 6.37. The zero-order valence-electron chi connectivity index (χ0n) is 10.8. The van der Waals surface area contributed by atoms with Gasteiger partial charge in [0.15, 0.2) is 0 Å². The Bertz CT molecular complexity index is 381. The molecular formula is C14H20N2O2. The highest BCUT2D eigenvalue weighted by molar-refractivity contribution is 5.79. The lowest BCUT2D eigenvalue weighted by molar-refractivity contribution is -0.125. The number of piperazine rings is 1. The van der Waals surface area contributed by atoms with E-state index in [0.29, 0.717) is 19.8 Å². The molecule has 0 saturated carbocycles. The number of hydrogen-bond acceptors (Lipinski definition) is 3. The van der Waals surface area contributed by atoms with Crippen LogP contribution in [0.15, 0.2) is 30.3 Å². The number of ether oxygens (including phenoxy) is 1. The standard InChI is InChI=1S/C14H20N2O2/c1-12-9-16(10-14(17)15-12)7-8-18-11-13-5-3-2-4-6-13/h2-6,12H,7-11H2,1H3,(H,15,17)/t12-/m0/s1. The van der Waals surface area contributed by atoms with Gasteiger partial charge in [-0.25, -0.2) is 0 Å². The Labute approximate surface area is 108 Å². The molecule has 4 heteroatoms. The van der Waals surface area contributed by atoms with E-state index in [0.717, 1.165) is 13.1 Å². The molecule has 1 fully saturated rings. The van der Waals surface area contributed by atoms with Crippen LogP contribution in [0.4, 0.5) is 0 Å². The third-order valence-corrected chi connectivity index (χ3v) is 2.97. The number of carbonyl (C=O) groups is 1. The molecule has 1 heterocycles. The predicted molar refractivity (Wildman–Crippen MR) is 70.1 cm³/mol. The third kappa shape index (κ3) is 4.13. The second-order valence-electron chi connectivity index (χ2n) is 4.74. The Hall–Kier alpha value is -1.39. The van der Waals surface area contributed by atoms with Crippen LogP contribution in [-0.4, -0.2) is 43.1 Å². The third-order valence-electron chi connectivity index (χ3n) is 2.97. The van der Waals surface area contributed by atoms with Gasteiger partial charge in [0.1, 0.15) is 0 Å². The maximum Gasteiger partial charge on any atom is 0.234 e. The van der Waals surface area contributed by atoms with Gasteiger partial charge in [-0.2, -0.15) is 0 Å². The lowest BCUT2D eigenvalue weighted by Crippen LogP contribution is -2.53. The number of nitrogens with zero attached hydrogens (tertiary/aromatic N) is 1. The quantitative estimate of drug-likeness (QED) is 0.791. The minimum atomic E-state index is 0.108. The van der Waals surface area contributed by atoms with Crippen molar-refractivity contribution in [1.29, 1.82) is 0 Å². The number of benzene rings is 1. The molecule has 0 aromatic heterocycles. The van der Waals surface area contributed by atoms with Gasteiger partial charge in [-0.3, -0.25) is 9.69 Å². The van der Waals surface area contributed by atoms with Crippen molar-refractivity contribution in [1.82, 2.24) is 10.2 Å². The maximum absolute atomic E-state index is 11.3. The molecule has 1 aromatic carbocycles. The van der Waals surface area contributed by atoms with Crippen LogP contribution >= 0.6 is 0 Å². The normalized spacial score (nSPS) is 20.7. The molecule has 2 rings (SSSR count). The average Bonchev–Trinajstić information content (AvgIpc) is 2.35. The van der Waals surface area contributed by atoms with Crippen molar-refractivity contribution in [3.63, 3.8) is 0 Å². The summed E-state index contributed by atoms with van der Waals surface area (Å²) < 4.78 is 5.62. The van der Waals surface area contributed by atoms with Gasteiger partial charge >= 0.3 is 0 Å². The molecular weight excluding hydrogens is 228 g/mol. The summed E-state index contributed by atoms with van der Waals surface area (Å²) in [7, 11) is 0. The van der Waals surface area contributed by atoms with Gasteiger partial charge in [0.05, 0.1) is 19.8 Å². The first-order valence-electron chi connectivity index (χ1n) is 6.37. The van der Waals surface area contributed by atoms with Gasteiger partial charge < -0.3 is 10.1 Å². The lowest BCUT2D eigenvalue weighted by Gasteiger charge is -2.30. The smallest absolute Gasteiger partial charge is 0.234 e. The summed E-state index contributed by atoms with van der Waals surface area (Å²) in [6.45, 7) is 5.52. The number of carbonyl (C=O) groups excluding carboxylic acids is 1. The lowest BCUT2D eigenvalue weighted by atomic mass is 10.2. The van der Waals surface area contributed by atoms with E-state index in [2.05, 4.69) is 22.3 Å². The number of nitrogens with one attached hydrogen (secondary N) is 1. The molecule has 1 aliphatic heterocycles. The molecule has 1 saturated heterocycles. The Morgan fingerprint density at radius 3 is 2.89 bits per heavy atom. The first kappa shape index (κ1) is 13.1. The van der Waals surface area contributed by atoms with E-state index in [1.54, 1.807) is 0 Å². The van der Waals surface area contributed by atoms with Crippen molar-refractivity contribution in [2.45, 2.75) is 19.6 Å². The summed E-state index contributed by atoms with van der Waals surface area (Å²) in [5, 5.41) is 2.90. The number of amides is 1. The predicted octanol–water partition coefficient (Wildman–Crippen LogP) is 1.02. The van der Waals surface area contributed by atoms with Crippen molar-refractivity contribution in [3.05, 3.63) is 35.9 Å². The Kier molecular flexibility index (Phi) is 4.73. The summed E-state index contributed by atoms with van der Waals surface area (Å²) >= 11 is 0. The summed E-state index contributed by atoms with van der Waals surface area (Å²) in [4.78, 5) is 13.5. The Morgan fingerprint density at radius 2 is 2.17 bits per heavy atom. The van der Waals surface area contributed by atoms with Gasteiger partial charge in [0.2, 0.25) is 5.91 Å². The SMILES string of the molecule is C[C@H]1CN(CCOCc2ccccc2)CC(=O)N1. The molecule has 1 N–H and O–H groups in total. The molecule has 4 nitrogen and oxygen atoms in total. The molecule has 0 radical (unpaired) electrons. The van der Waals surface area contributed by atoms with Gasteiger partial charge in [-0.15, -0.1) is 0 Å². The van der Waals surface area contributed by atoms with Crippen molar-refractivity contribution >= 4 is 5.91 Å². The van der Waals surface area contributed by atoms with E-state index in [1.807, 2.05) is 25.1 Å². The fourth-order valence-electron chi connectivity index (χ4n) is 2.15. The van der Waals surface area contributed by atoms with Crippen LogP contribution in [0.2, 0.25) is 0 Å². The molecule has 1 amide bonds. The van der Waals surface area contributed by atoms with E-state index >= 15 is 0 Å². The summed E-state index contributed by atoms with van der Waals surface area (Å²) in [5.74, 6) is 0.108. The molecule has 0 unspecified atom stereocenters. The van der Waals surface area contributed by atoms with E-state index < -0.39 is 0 Å². The van der Waals surface area contributed by atoms with Crippen LogP contribution < -0.4 is 5.32 Å². The second kappa shape index (κ2) is 6.52. The van der Waals surface area contributed by atoms with E-state index in [9.17, 15) is 4.79 Å². The number of rotatable bonds is 5. The van der Waals surface area contributed by atoms with Crippen molar-refractivity contribution in [3.8, 4) is 0 Å². The zero-order valence-corrected chi connectivity index (χ0v) is 10.8. The first-order chi connectivity index (χ1) is 8.74. The summed E-state index contributed by atoms with van der Waals surface area (Å²) in [6, 6.07) is 10.4. The molecule has 1 aromatic rings. The highest BCUT2D eigenvalue weighted by atomic mass is 16.5. The van der Waals surface area contributed by atoms with Crippen molar-refractivity contribution in [2.75, 3.05) is 26.2 Å². The van der Waals surface area contributed by atoms with Gasteiger partial charge in [-0.05, 0) is 12.5 Å². The van der Waals surface area contributed by atoms with Crippen LogP contribution in [0.5, 0.6) is 0 Å². The molecule has 0 spiro atoms. The Balaban J connectivity index is 1.65. The molecule has 1 aliphatic rings. The van der Waals surface area contributed by atoms with Gasteiger partial charge in [-0.1, -0.05) is 30.3 Å². The monoisotopic (exact) mass is 248 g/mol. The Morgan fingerprint density at radius 1 is 1.39 bits per heavy atom. The molecule has 0 bridgehead atoms. The molecule has 0 aliphatic carbocycles. The molecule has 98 valence electrons. The molecule has 1 atom stereocenters.